The first-order valence-electron chi connectivity index (χ1n) is 6.30. The number of piperidine rings is 1. The molecule has 1 aliphatic heterocycles. The van der Waals surface area contributed by atoms with Crippen molar-refractivity contribution in [2.45, 2.75) is 18.9 Å². The Labute approximate surface area is 117 Å². The third-order valence-corrected chi connectivity index (χ3v) is 4.28. The number of benzene rings is 1. The molecule has 0 aromatic heterocycles. The first kappa shape index (κ1) is 13.6. The number of halogens is 1. The summed E-state index contributed by atoms with van der Waals surface area (Å²) in [5.41, 5.74) is 0.765. The first-order chi connectivity index (χ1) is 8.59. The number of likely N-dealkylation sites (tertiary alicyclic amines) is 1. The lowest BCUT2D eigenvalue weighted by molar-refractivity contribution is 0.0662. The normalized spacial score (nSPS) is 17.2. The zero-order valence-corrected chi connectivity index (χ0v) is 12.5. The third kappa shape index (κ3) is 2.93. The maximum Gasteiger partial charge on any atom is 0.254 e. The highest BCUT2D eigenvalue weighted by Crippen LogP contribution is 2.21. The molecule has 1 aromatic carbocycles. The predicted molar refractivity (Wildman–Crippen MR) is 76.8 cm³/mol. The Balaban J connectivity index is 2.02. The predicted octanol–water partition coefficient (Wildman–Crippen LogP) is 2.62. The van der Waals surface area contributed by atoms with Crippen LogP contribution in [0.4, 0.5) is 0 Å². The number of rotatable bonds is 2. The van der Waals surface area contributed by atoms with E-state index in [1.807, 2.05) is 29.2 Å². The topological polar surface area (TPSA) is 23.6 Å². The van der Waals surface area contributed by atoms with Crippen LogP contribution in [0.1, 0.15) is 23.2 Å². The molecule has 1 amide bonds. The van der Waals surface area contributed by atoms with Gasteiger partial charge in [0.15, 0.2) is 0 Å². The molecule has 1 aliphatic rings. The Morgan fingerprint density at radius 1 is 1.28 bits per heavy atom. The first-order valence-corrected chi connectivity index (χ1v) is 7.09. The van der Waals surface area contributed by atoms with Crippen molar-refractivity contribution in [1.29, 1.82) is 0 Å². The van der Waals surface area contributed by atoms with Gasteiger partial charge in [0, 0.05) is 23.6 Å². The van der Waals surface area contributed by atoms with Gasteiger partial charge < -0.3 is 9.80 Å². The van der Waals surface area contributed by atoms with E-state index in [1.165, 1.54) is 0 Å². The molecular formula is C14H19BrN2O. The third-order valence-electron chi connectivity index (χ3n) is 3.59. The van der Waals surface area contributed by atoms with Crippen LogP contribution in [0.25, 0.3) is 0 Å². The fourth-order valence-electron chi connectivity index (χ4n) is 2.39. The van der Waals surface area contributed by atoms with Gasteiger partial charge in [0.25, 0.3) is 5.91 Å². The lowest BCUT2D eigenvalue weighted by Gasteiger charge is -2.35. The lowest BCUT2D eigenvalue weighted by Crippen LogP contribution is -2.44. The van der Waals surface area contributed by atoms with Crippen molar-refractivity contribution < 1.29 is 4.79 Å². The van der Waals surface area contributed by atoms with E-state index in [-0.39, 0.29) is 5.91 Å². The van der Waals surface area contributed by atoms with Crippen molar-refractivity contribution in [3.8, 4) is 0 Å². The van der Waals surface area contributed by atoms with E-state index in [0.29, 0.717) is 6.04 Å². The molecule has 98 valence electrons. The molecule has 18 heavy (non-hydrogen) atoms. The Bertz CT molecular complexity index is 426. The second-order valence-corrected chi connectivity index (χ2v) is 5.82. The standard InChI is InChI=1S/C14H19BrN2O/c1-16(2)11-7-9-17(10-8-11)14(18)12-5-3-4-6-13(12)15/h3-6,11H,7-10H2,1-2H3. The van der Waals surface area contributed by atoms with E-state index >= 15 is 0 Å². The van der Waals surface area contributed by atoms with E-state index in [0.717, 1.165) is 36.0 Å². The minimum atomic E-state index is 0.139. The van der Waals surface area contributed by atoms with E-state index in [1.54, 1.807) is 0 Å². The Hall–Kier alpha value is -0.870. The highest BCUT2D eigenvalue weighted by atomic mass is 79.9. The van der Waals surface area contributed by atoms with Crippen LogP contribution in [0.2, 0.25) is 0 Å². The SMILES string of the molecule is CN(C)C1CCN(C(=O)c2ccccc2Br)CC1. The summed E-state index contributed by atoms with van der Waals surface area (Å²) in [5, 5.41) is 0. The quantitative estimate of drug-likeness (QED) is 0.838. The zero-order valence-electron chi connectivity index (χ0n) is 10.9. The van der Waals surface area contributed by atoms with Gasteiger partial charge in [-0.3, -0.25) is 4.79 Å². The molecule has 1 aromatic rings. The van der Waals surface area contributed by atoms with Gasteiger partial charge in [-0.25, -0.2) is 0 Å². The largest absolute Gasteiger partial charge is 0.338 e. The van der Waals surface area contributed by atoms with Crippen molar-refractivity contribution >= 4 is 21.8 Å². The summed E-state index contributed by atoms with van der Waals surface area (Å²) in [6, 6.07) is 8.24. The van der Waals surface area contributed by atoms with Gasteiger partial charge in [0.2, 0.25) is 0 Å². The van der Waals surface area contributed by atoms with Crippen molar-refractivity contribution in [1.82, 2.24) is 9.80 Å². The zero-order chi connectivity index (χ0) is 13.1. The van der Waals surface area contributed by atoms with Gasteiger partial charge in [0.05, 0.1) is 5.56 Å². The molecular weight excluding hydrogens is 292 g/mol. The van der Waals surface area contributed by atoms with E-state index in [4.69, 9.17) is 0 Å². The molecule has 0 radical (unpaired) electrons. The number of hydrogen-bond acceptors (Lipinski definition) is 2. The number of amides is 1. The van der Waals surface area contributed by atoms with Crippen molar-refractivity contribution in [3.05, 3.63) is 34.3 Å². The molecule has 0 spiro atoms. The van der Waals surface area contributed by atoms with Crippen LogP contribution in [0.3, 0.4) is 0 Å². The fraction of sp³-hybridized carbons (Fsp3) is 0.500. The molecule has 0 unspecified atom stereocenters. The van der Waals surface area contributed by atoms with Crippen LogP contribution in [0, 0.1) is 0 Å². The van der Waals surface area contributed by atoms with E-state index < -0.39 is 0 Å². The van der Waals surface area contributed by atoms with Gasteiger partial charge in [0.1, 0.15) is 0 Å². The number of carbonyl (C=O) groups excluding carboxylic acids is 1. The highest BCUT2D eigenvalue weighted by molar-refractivity contribution is 9.10. The maximum atomic E-state index is 12.4. The average molecular weight is 311 g/mol. The van der Waals surface area contributed by atoms with Crippen LogP contribution in [-0.2, 0) is 0 Å². The van der Waals surface area contributed by atoms with Crippen LogP contribution in [0.15, 0.2) is 28.7 Å². The Kier molecular flexibility index (Phi) is 4.40. The van der Waals surface area contributed by atoms with Crippen molar-refractivity contribution in [3.63, 3.8) is 0 Å². The summed E-state index contributed by atoms with van der Waals surface area (Å²) in [4.78, 5) is 16.6. The summed E-state index contributed by atoms with van der Waals surface area (Å²) < 4.78 is 0.879. The average Bonchev–Trinajstić information content (AvgIpc) is 2.38. The molecule has 0 aliphatic carbocycles. The van der Waals surface area contributed by atoms with Gasteiger partial charge >= 0.3 is 0 Å². The number of carbonyl (C=O) groups is 1. The number of nitrogens with zero attached hydrogens (tertiary/aromatic N) is 2. The van der Waals surface area contributed by atoms with Gasteiger partial charge in [-0.2, -0.15) is 0 Å². The van der Waals surface area contributed by atoms with E-state index in [9.17, 15) is 4.79 Å². The molecule has 0 N–H and O–H groups in total. The molecule has 1 saturated heterocycles. The van der Waals surface area contributed by atoms with Crippen LogP contribution in [0.5, 0.6) is 0 Å². The Morgan fingerprint density at radius 3 is 2.44 bits per heavy atom. The second-order valence-electron chi connectivity index (χ2n) is 4.97. The van der Waals surface area contributed by atoms with Gasteiger partial charge in [-0.15, -0.1) is 0 Å². The van der Waals surface area contributed by atoms with E-state index in [2.05, 4.69) is 34.9 Å². The van der Waals surface area contributed by atoms with Crippen molar-refractivity contribution in [2.24, 2.45) is 0 Å². The monoisotopic (exact) mass is 310 g/mol. The van der Waals surface area contributed by atoms with Crippen molar-refractivity contribution in [2.75, 3.05) is 27.2 Å². The second kappa shape index (κ2) is 5.85. The minimum Gasteiger partial charge on any atom is -0.338 e. The highest BCUT2D eigenvalue weighted by Gasteiger charge is 2.25. The molecule has 2 rings (SSSR count). The molecule has 0 saturated carbocycles. The van der Waals surface area contributed by atoms with Crippen LogP contribution in [-0.4, -0.2) is 48.9 Å². The maximum absolute atomic E-state index is 12.4. The van der Waals surface area contributed by atoms with Gasteiger partial charge in [-0.1, -0.05) is 12.1 Å². The lowest BCUT2D eigenvalue weighted by atomic mass is 10.0. The fourth-order valence-corrected chi connectivity index (χ4v) is 2.84. The summed E-state index contributed by atoms with van der Waals surface area (Å²) >= 11 is 3.44. The van der Waals surface area contributed by atoms with Gasteiger partial charge in [-0.05, 0) is 55.0 Å². The smallest absolute Gasteiger partial charge is 0.254 e. The summed E-state index contributed by atoms with van der Waals surface area (Å²) in [6.45, 7) is 1.70. The van der Waals surface area contributed by atoms with Crippen LogP contribution >= 0.6 is 15.9 Å². The molecule has 0 bridgehead atoms. The summed E-state index contributed by atoms with van der Waals surface area (Å²) in [7, 11) is 4.21. The minimum absolute atomic E-state index is 0.139. The summed E-state index contributed by atoms with van der Waals surface area (Å²) in [5.74, 6) is 0.139. The summed E-state index contributed by atoms with van der Waals surface area (Å²) in [6.07, 6.45) is 2.12. The van der Waals surface area contributed by atoms with Crippen LogP contribution < -0.4 is 0 Å². The molecule has 3 nitrogen and oxygen atoms in total. The molecule has 1 heterocycles. The molecule has 4 heteroatoms. The number of hydrogen-bond donors (Lipinski definition) is 0. The Morgan fingerprint density at radius 2 is 1.89 bits per heavy atom. The molecule has 0 atom stereocenters. The molecule has 1 fully saturated rings.